The molecular weight excluding hydrogens is 414 g/mol. The van der Waals surface area contributed by atoms with Crippen molar-refractivity contribution in [3.05, 3.63) is 54.1 Å². The Bertz CT molecular complexity index is 957. The summed E-state index contributed by atoms with van der Waals surface area (Å²) >= 11 is 0. The Balaban J connectivity index is 2.18. The highest BCUT2D eigenvalue weighted by Crippen LogP contribution is 2.26. The number of hydrogen-bond donors (Lipinski definition) is 1. The van der Waals surface area contributed by atoms with E-state index in [2.05, 4.69) is 24.1 Å². The molecule has 0 aliphatic heterocycles. The van der Waals surface area contributed by atoms with Crippen LogP contribution in [0.3, 0.4) is 0 Å². The number of carbonyl (C=O) groups excluding carboxylic acids is 1. The maximum Gasteiger partial charge on any atom is 0.244 e. The summed E-state index contributed by atoms with van der Waals surface area (Å²) in [5.41, 5.74) is 2.48. The number of benzene rings is 2. The summed E-state index contributed by atoms with van der Waals surface area (Å²) in [5.74, 6) is 0.179. The number of ether oxygens (including phenoxy) is 1. The fraction of sp³-hybridized carbons (Fsp3) is 0.435. The molecule has 2 rings (SSSR count). The van der Waals surface area contributed by atoms with Crippen LogP contribution in [0.4, 0.5) is 11.4 Å². The Morgan fingerprint density at radius 2 is 1.68 bits per heavy atom. The number of sulfonamides is 1. The number of nitrogens with zero attached hydrogens (tertiary/aromatic N) is 2. The molecule has 0 heterocycles. The van der Waals surface area contributed by atoms with Gasteiger partial charge in [-0.15, -0.1) is 0 Å². The first kappa shape index (κ1) is 24.5. The number of nitrogens with one attached hydrogen (secondary N) is 1. The molecule has 0 aliphatic carbocycles. The van der Waals surface area contributed by atoms with E-state index in [1.807, 2.05) is 24.3 Å². The van der Waals surface area contributed by atoms with E-state index in [-0.39, 0.29) is 5.91 Å². The molecule has 1 N–H and O–H groups in total. The van der Waals surface area contributed by atoms with Crippen molar-refractivity contribution in [2.24, 2.45) is 0 Å². The first-order valence-corrected chi connectivity index (χ1v) is 12.3. The van der Waals surface area contributed by atoms with Gasteiger partial charge in [0.05, 0.1) is 19.1 Å². The number of carbonyl (C=O) groups is 1. The molecule has 7 nitrogen and oxygen atoms in total. The van der Waals surface area contributed by atoms with Gasteiger partial charge in [-0.2, -0.15) is 0 Å². The van der Waals surface area contributed by atoms with Crippen molar-refractivity contribution in [1.82, 2.24) is 5.32 Å². The van der Waals surface area contributed by atoms with Crippen LogP contribution in [0.15, 0.2) is 48.5 Å². The molecule has 0 radical (unpaired) electrons. The van der Waals surface area contributed by atoms with Gasteiger partial charge in [0, 0.05) is 31.4 Å². The van der Waals surface area contributed by atoms with Crippen LogP contribution in [0.25, 0.3) is 0 Å². The number of anilines is 2. The summed E-state index contributed by atoms with van der Waals surface area (Å²) < 4.78 is 31.5. The molecule has 1 atom stereocenters. The molecule has 0 fully saturated rings. The average molecular weight is 448 g/mol. The third-order valence-corrected chi connectivity index (χ3v) is 6.35. The summed E-state index contributed by atoms with van der Waals surface area (Å²) in [6.45, 7) is 8.19. The van der Waals surface area contributed by atoms with E-state index >= 15 is 0 Å². The Morgan fingerprint density at radius 3 is 2.19 bits per heavy atom. The predicted octanol–water partition coefficient (Wildman–Crippen LogP) is 3.40. The molecule has 31 heavy (non-hydrogen) atoms. The molecule has 2 aromatic rings. The van der Waals surface area contributed by atoms with Crippen molar-refractivity contribution < 1.29 is 17.9 Å². The highest BCUT2D eigenvalue weighted by atomic mass is 32.2. The topological polar surface area (TPSA) is 79.0 Å². The first-order chi connectivity index (χ1) is 14.7. The average Bonchev–Trinajstić information content (AvgIpc) is 2.76. The number of hydrogen-bond acceptors (Lipinski definition) is 5. The highest BCUT2D eigenvalue weighted by molar-refractivity contribution is 7.92. The van der Waals surface area contributed by atoms with E-state index in [9.17, 15) is 13.2 Å². The van der Waals surface area contributed by atoms with E-state index < -0.39 is 16.1 Å². The van der Waals surface area contributed by atoms with Crippen molar-refractivity contribution in [2.75, 3.05) is 35.7 Å². The van der Waals surface area contributed by atoms with Crippen LogP contribution < -0.4 is 19.3 Å². The lowest BCUT2D eigenvalue weighted by molar-refractivity contribution is -0.122. The second-order valence-corrected chi connectivity index (χ2v) is 9.10. The molecule has 2 aromatic carbocycles. The zero-order chi connectivity index (χ0) is 23.0. The fourth-order valence-electron chi connectivity index (χ4n) is 3.53. The molecule has 0 unspecified atom stereocenters. The van der Waals surface area contributed by atoms with Crippen LogP contribution >= 0.6 is 0 Å². The van der Waals surface area contributed by atoms with E-state index in [1.165, 1.54) is 7.11 Å². The summed E-state index contributed by atoms with van der Waals surface area (Å²) in [4.78, 5) is 15.2. The second-order valence-electron chi connectivity index (χ2n) is 7.24. The van der Waals surface area contributed by atoms with Crippen LogP contribution in [0.2, 0.25) is 0 Å². The van der Waals surface area contributed by atoms with Crippen LogP contribution in [-0.4, -0.2) is 46.8 Å². The van der Waals surface area contributed by atoms with Gasteiger partial charge < -0.3 is 15.0 Å². The Labute approximate surface area is 186 Å². The van der Waals surface area contributed by atoms with Gasteiger partial charge in [-0.05, 0) is 50.1 Å². The Hall–Kier alpha value is -2.74. The van der Waals surface area contributed by atoms with Gasteiger partial charge in [-0.3, -0.25) is 9.10 Å². The molecular formula is C23H33N3O4S. The lowest BCUT2D eigenvalue weighted by Crippen LogP contribution is -2.49. The molecule has 0 saturated carbocycles. The Kier molecular flexibility index (Phi) is 8.74. The van der Waals surface area contributed by atoms with Gasteiger partial charge in [0.1, 0.15) is 11.8 Å². The van der Waals surface area contributed by atoms with Crippen molar-refractivity contribution in [2.45, 2.75) is 39.8 Å². The molecule has 0 saturated heterocycles. The molecule has 0 bridgehead atoms. The second kappa shape index (κ2) is 11.0. The SMILES string of the molecule is CC[C@@H](C(=O)NCc1ccc(N(CC)CC)cc1)N(c1cccc(OC)c1)S(C)(=O)=O. The molecule has 0 aromatic heterocycles. The number of rotatable bonds is 11. The summed E-state index contributed by atoms with van der Waals surface area (Å²) in [6, 6.07) is 13.9. The van der Waals surface area contributed by atoms with Gasteiger partial charge in [0.15, 0.2) is 0 Å². The van der Waals surface area contributed by atoms with Crippen LogP contribution in [-0.2, 0) is 21.4 Å². The van der Waals surface area contributed by atoms with Gasteiger partial charge in [-0.25, -0.2) is 8.42 Å². The monoisotopic (exact) mass is 447 g/mol. The number of amides is 1. The minimum Gasteiger partial charge on any atom is -0.497 e. The van der Waals surface area contributed by atoms with Gasteiger partial charge in [-0.1, -0.05) is 25.1 Å². The zero-order valence-corrected chi connectivity index (χ0v) is 19.8. The molecule has 8 heteroatoms. The number of methoxy groups -OCH3 is 1. The minimum absolute atomic E-state index is 0.323. The predicted molar refractivity (Wildman–Crippen MR) is 126 cm³/mol. The summed E-state index contributed by atoms with van der Waals surface area (Å²) in [6.07, 6.45) is 1.44. The van der Waals surface area contributed by atoms with Crippen LogP contribution in [0.1, 0.15) is 32.8 Å². The van der Waals surface area contributed by atoms with Gasteiger partial charge in [0.2, 0.25) is 15.9 Å². The smallest absolute Gasteiger partial charge is 0.244 e. The lowest BCUT2D eigenvalue weighted by atomic mass is 10.1. The van der Waals surface area contributed by atoms with E-state index in [1.54, 1.807) is 31.2 Å². The van der Waals surface area contributed by atoms with Crippen LogP contribution in [0.5, 0.6) is 5.75 Å². The molecule has 0 spiro atoms. The van der Waals surface area contributed by atoms with E-state index in [0.29, 0.717) is 24.4 Å². The zero-order valence-electron chi connectivity index (χ0n) is 19.0. The Morgan fingerprint density at radius 1 is 1.03 bits per heavy atom. The first-order valence-electron chi connectivity index (χ1n) is 10.5. The van der Waals surface area contributed by atoms with Gasteiger partial charge >= 0.3 is 0 Å². The van der Waals surface area contributed by atoms with E-state index in [0.717, 1.165) is 34.9 Å². The van der Waals surface area contributed by atoms with Crippen LogP contribution in [0, 0.1) is 0 Å². The summed E-state index contributed by atoms with van der Waals surface area (Å²) in [5, 5.41) is 2.89. The normalized spacial score (nSPS) is 12.2. The third-order valence-electron chi connectivity index (χ3n) is 5.17. The molecule has 1 amide bonds. The van der Waals surface area contributed by atoms with E-state index in [4.69, 9.17) is 4.74 Å². The minimum atomic E-state index is -3.69. The quantitative estimate of drug-likeness (QED) is 0.571. The third kappa shape index (κ3) is 6.37. The maximum absolute atomic E-state index is 13.0. The lowest BCUT2D eigenvalue weighted by Gasteiger charge is -2.30. The standard InChI is InChI=1S/C23H33N3O4S/c1-6-22(26(31(5,28)29)20-10-9-11-21(16-20)30-4)23(27)24-17-18-12-14-19(15-13-18)25(7-2)8-3/h9-16,22H,6-8,17H2,1-5H3,(H,24,27)/t22-/m0/s1. The van der Waals surface area contributed by atoms with Crippen molar-refractivity contribution in [3.63, 3.8) is 0 Å². The highest BCUT2D eigenvalue weighted by Gasteiger charge is 2.31. The maximum atomic E-state index is 13.0. The molecule has 0 aliphatic rings. The van der Waals surface area contributed by atoms with Crippen molar-refractivity contribution >= 4 is 27.3 Å². The summed E-state index contributed by atoms with van der Waals surface area (Å²) in [7, 11) is -2.18. The molecule has 170 valence electrons. The van der Waals surface area contributed by atoms with Gasteiger partial charge in [0.25, 0.3) is 0 Å². The van der Waals surface area contributed by atoms with Crippen molar-refractivity contribution in [3.8, 4) is 5.75 Å². The largest absolute Gasteiger partial charge is 0.497 e. The fourth-order valence-corrected chi connectivity index (χ4v) is 4.73. The van der Waals surface area contributed by atoms with Crippen molar-refractivity contribution in [1.29, 1.82) is 0 Å².